The number of thioether (sulfide) groups is 1. The molecule has 0 aliphatic rings. The molecule has 126 valence electrons. The highest BCUT2D eigenvalue weighted by Gasteiger charge is 2.05. The SMILES string of the molecule is Cn1nnnc1SCCCNCc1ccc(-c2ccc(F)cc2)o1. The van der Waals surface area contributed by atoms with Gasteiger partial charge in [-0.15, -0.1) is 5.10 Å². The zero-order chi connectivity index (χ0) is 16.8. The predicted octanol–water partition coefficient (Wildman–Crippen LogP) is 2.88. The third kappa shape index (κ3) is 4.42. The number of aromatic nitrogens is 4. The summed E-state index contributed by atoms with van der Waals surface area (Å²) in [4.78, 5) is 0. The van der Waals surface area contributed by atoms with Gasteiger partial charge in [0.05, 0.1) is 6.54 Å². The first-order valence-corrected chi connectivity index (χ1v) is 8.61. The highest BCUT2D eigenvalue weighted by atomic mass is 32.2. The molecule has 1 N–H and O–H groups in total. The van der Waals surface area contributed by atoms with Crippen molar-refractivity contribution >= 4 is 11.8 Å². The molecule has 3 rings (SSSR count). The van der Waals surface area contributed by atoms with Crippen molar-refractivity contribution in [2.24, 2.45) is 7.05 Å². The third-order valence-electron chi connectivity index (χ3n) is 3.40. The van der Waals surface area contributed by atoms with E-state index in [1.54, 1.807) is 28.6 Å². The molecule has 0 aliphatic heterocycles. The molecule has 1 aromatic carbocycles. The molecule has 0 unspecified atom stereocenters. The molecule has 0 atom stereocenters. The fourth-order valence-corrected chi connectivity index (χ4v) is 2.95. The van der Waals surface area contributed by atoms with E-state index in [9.17, 15) is 4.39 Å². The van der Waals surface area contributed by atoms with E-state index in [1.807, 2.05) is 19.2 Å². The molecule has 24 heavy (non-hydrogen) atoms. The number of hydrogen-bond donors (Lipinski definition) is 1. The van der Waals surface area contributed by atoms with E-state index in [1.165, 1.54) is 12.1 Å². The molecule has 0 bridgehead atoms. The Bertz CT molecular complexity index is 771. The Kier molecular flexibility index (Phi) is 5.60. The van der Waals surface area contributed by atoms with Gasteiger partial charge in [-0.1, -0.05) is 11.8 Å². The topological polar surface area (TPSA) is 68.8 Å². The summed E-state index contributed by atoms with van der Waals surface area (Å²) in [6.07, 6.45) is 1.00. The van der Waals surface area contributed by atoms with Gasteiger partial charge in [0.2, 0.25) is 5.16 Å². The maximum absolute atomic E-state index is 12.9. The third-order valence-corrected chi connectivity index (χ3v) is 4.50. The van der Waals surface area contributed by atoms with Crippen LogP contribution >= 0.6 is 11.8 Å². The lowest BCUT2D eigenvalue weighted by molar-refractivity contribution is 0.494. The lowest BCUT2D eigenvalue weighted by atomic mass is 10.2. The van der Waals surface area contributed by atoms with Crippen LogP contribution in [0.3, 0.4) is 0 Å². The molecule has 0 saturated heterocycles. The standard InChI is InChI=1S/C16H18FN5OS/c1-22-16(19-20-21-22)24-10-2-9-18-11-14-7-8-15(23-14)12-3-5-13(17)6-4-12/h3-8,18H,2,9-11H2,1H3. The molecule has 0 amide bonds. The van der Waals surface area contributed by atoms with Crippen molar-refractivity contribution in [2.75, 3.05) is 12.3 Å². The Morgan fingerprint density at radius 3 is 2.79 bits per heavy atom. The number of benzene rings is 1. The van der Waals surface area contributed by atoms with Crippen LogP contribution in [0.2, 0.25) is 0 Å². The highest BCUT2D eigenvalue weighted by molar-refractivity contribution is 7.99. The van der Waals surface area contributed by atoms with Crippen LogP contribution in [0.4, 0.5) is 4.39 Å². The second-order valence-corrected chi connectivity index (χ2v) is 6.30. The van der Waals surface area contributed by atoms with Gasteiger partial charge in [-0.2, -0.15) is 0 Å². The van der Waals surface area contributed by atoms with Crippen LogP contribution in [0, 0.1) is 5.82 Å². The van der Waals surface area contributed by atoms with Crippen molar-refractivity contribution in [3.63, 3.8) is 0 Å². The Hall–Kier alpha value is -2.19. The van der Waals surface area contributed by atoms with Gasteiger partial charge < -0.3 is 9.73 Å². The molecular weight excluding hydrogens is 329 g/mol. The van der Waals surface area contributed by atoms with Crippen molar-refractivity contribution in [2.45, 2.75) is 18.1 Å². The van der Waals surface area contributed by atoms with Gasteiger partial charge in [0.15, 0.2) is 0 Å². The second kappa shape index (κ2) is 8.07. The summed E-state index contributed by atoms with van der Waals surface area (Å²) < 4.78 is 20.4. The van der Waals surface area contributed by atoms with Crippen molar-refractivity contribution < 1.29 is 8.81 Å². The summed E-state index contributed by atoms with van der Waals surface area (Å²) in [6.45, 7) is 1.54. The zero-order valence-electron chi connectivity index (χ0n) is 13.3. The van der Waals surface area contributed by atoms with Crippen LogP contribution < -0.4 is 5.32 Å². The molecule has 0 aliphatic carbocycles. The molecule has 0 spiro atoms. The molecule has 8 heteroatoms. The summed E-state index contributed by atoms with van der Waals surface area (Å²) in [5.74, 6) is 2.30. The van der Waals surface area contributed by atoms with Gasteiger partial charge >= 0.3 is 0 Å². The quantitative estimate of drug-likeness (QED) is 0.499. The van der Waals surface area contributed by atoms with Gasteiger partial charge in [0.25, 0.3) is 0 Å². The van der Waals surface area contributed by atoms with Crippen LogP contribution in [-0.4, -0.2) is 32.5 Å². The number of nitrogens with zero attached hydrogens (tertiary/aromatic N) is 4. The van der Waals surface area contributed by atoms with E-state index in [0.29, 0.717) is 6.54 Å². The Balaban J connectivity index is 1.38. The smallest absolute Gasteiger partial charge is 0.209 e. The summed E-state index contributed by atoms with van der Waals surface area (Å²) in [5.41, 5.74) is 0.872. The summed E-state index contributed by atoms with van der Waals surface area (Å²) >= 11 is 1.64. The molecular formula is C16H18FN5OS. The zero-order valence-corrected chi connectivity index (χ0v) is 14.1. The summed E-state index contributed by atoms with van der Waals surface area (Å²) in [7, 11) is 1.83. The van der Waals surface area contributed by atoms with Gasteiger partial charge in [0, 0.05) is 18.4 Å². The number of nitrogens with one attached hydrogen (secondary N) is 1. The van der Waals surface area contributed by atoms with Crippen LogP contribution in [0.1, 0.15) is 12.2 Å². The van der Waals surface area contributed by atoms with E-state index in [-0.39, 0.29) is 5.82 Å². The predicted molar refractivity (Wildman–Crippen MR) is 89.9 cm³/mol. The monoisotopic (exact) mass is 347 g/mol. The van der Waals surface area contributed by atoms with Crippen molar-refractivity contribution in [3.05, 3.63) is 48.0 Å². The molecule has 3 aromatic rings. The average molecular weight is 347 g/mol. The van der Waals surface area contributed by atoms with Crippen LogP contribution in [-0.2, 0) is 13.6 Å². The fourth-order valence-electron chi connectivity index (χ4n) is 2.16. The maximum atomic E-state index is 12.9. The minimum absolute atomic E-state index is 0.248. The molecule has 2 heterocycles. The second-order valence-electron chi connectivity index (χ2n) is 5.24. The minimum atomic E-state index is -0.248. The van der Waals surface area contributed by atoms with Crippen molar-refractivity contribution in [1.29, 1.82) is 0 Å². The molecule has 0 fully saturated rings. The summed E-state index contributed by atoms with van der Waals surface area (Å²) in [6, 6.07) is 10.1. The van der Waals surface area contributed by atoms with E-state index in [4.69, 9.17) is 4.42 Å². The molecule has 6 nitrogen and oxygen atoms in total. The van der Waals surface area contributed by atoms with Crippen LogP contribution in [0.25, 0.3) is 11.3 Å². The van der Waals surface area contributed by atoms with Crippen molar-refractivity contribution in [3.8, 4) is 11.3 Å². The van der Waals surface area contributed by atoms with Gasteiger partial charge in [-0.25, -0.2) is 9.07 Å². The molecule has 0 radical (unpaired) electrons. The Morgan fingerprint density at radius 2 is 2.04 bits per heavy atom. The number of tetrazole rings is 1. The first kappa shape index (κ1) is 16.7. The fraction of sp³-hybridized carbons (Fsp3) is 0.312. The first-order valence-electron chi connectivity index (χ1n) is 7.63. The largest absolute Gasteiger partial charge is 0.460 e. The number of hydrogen-bond acceptors (Lipinski definition) is 6. The lowest BCUT2D eigenvalue weighted by Gasteiger charge is -2.02. The first-order chi connectivity index (χ1) is 11.7. The lowest BCUT2D eigenvalue weighted by Crippen LogP contribution is -2.14. The summed E-state index contributed by atoms with van der Waals surface area (Å²) in [5, 5.41) is 15.5. The average Bonchev–Trinajstić information content (AvgIpc) is 3.21. The van der Waals surface area contributed by atoms with Crippen molar-refractivity contribution in [1.82, 2.24) is 25.5 Å². The number of furan rings is 1. The van der Waals surface area contributed by atoms with Crippen LogP contribution in [0.5, 0.6) is 0 Å². The molecule has 2 aromatic heterocycles. The number of aryl methyl sites for hydroxylation is 1. The van der Waals surface area contributed by atoms with Crippen LogP contribution in [0.15, 0.2) is 46.0 Å². The van der Waals surface area contributed by atoms with Gasteiger partial charge in [-0.3, -0.25) is 0 Å². The normalized spacial score (nSPS) is 11.1. The Labute approximate surface area is 143 Å². The minimum Gasteiger partial charge on any atom is -0.460 e. The van der Waals surface area contributed by atoms with Gasteiger partial charge in [0.1, 0.15) is 17.3 Å². The molecule has 0 saturated carbocycles. The van der Waals surface area contributed by atoms with E-state index in [0.717, 1.165) is 41.0 Å². The number of halogens is 1. The van der Waals surface area contributed by atoms with E-state index >= 15 is 0 Å². The van der Waals surface area contributed by atoms with Gasteiger partial charge in [-0.05, 0) is 59.8 Å². The maximum Gasteiger partial charge on any atom is 0.209 e. The number of rotatable bonds is 8. The highest BCUT2D eigenvalue weighted by Crippen LogP contribution is 2.22. The Morgan fingerprint density at radius 1 is 1.21 bits per heavy atom. The van der Waals surface area contributed by atoms with E-state index < -0.39 is 0 Å². The van der Waals surface area contributed by atoms with E-state index in [2.05, 4.69) is 20.8 Å².